The van der Waals surface area contributed by atoms with Crippen molar-refractivity contribution in [2.45, 2.75) is 20.3 Å². The molecule has 2 aromatic rings. The Labute approximate surface area is 114 Å². The van der Waals surface area contributed by atoms with Crippen LogP contribution in [-0.4, -0.2) is 23.1 Å². The van der Waals surface area contributed by atoms with Crippen LogP contribution in [0.4, 0.5) is 11.6 Å². The number of nitrogens with two attached hydrogens (primary N) is 1. The molecule has 19 heavy (non-hydrogen) atoms. The Hall–Kier alpha value is -1.94. The van der Waals surface area contributed by atoms with Crippen molar-refractivity contribution in [1.29, 1.82) is 0 Å². The molecular formula is C15H20N4. The number of rotatable bonds is 5. The van der Waals surface area contributed by atoms with Crippen molar-refractivity contribution >= 4 is 11.6 Å². The molecule has 1 aromatic carbocycles. The highest BCUT2D eigenvalue weighted by atomic mass is 15.2. The van der Waals surface area contributed by atoms with Gasteiger partial charge in [-0.2, -0.15) is 0 Å². The van der Waals surface area contributed by atoms with Gasteiger partial charge in [0.25, 0.3) is 0 Å². The van der Waals surface area contributed by atoms with E-state index in [2.05, 4.69) is 40.0 Å². The Morgan fingerprint density at radius 2 is 1.84 bits per heavy atom. The number of aryl methyl sites for hydroxylation is 2. The van der Waals surface area contributed by atoms with Crippen LogP contribution in [0.3, 0.4) is 0 Å². The van der Waals surface area contributed by atoms with Gasteiger partial charge < -0.3 is 10.6 Å². The smallest absolute Gasteiger partial charge is 0.229 e. The quantitative estimate of drug-likeness (QED) is 0.893. The van der Waals surface area contributed by atoms with E-state index in [0.29, 0.717) is 6.54 Å². The Kier molecular flexibility index (Phi) is 4.47. The van der Waals surface area contributed by atoms with Gasteiger partial charge in [-0.05, 0) is 50.1 Å². The Balaban J connectivity index is 2.32. The summed E-state index contributed by atoms with van der Waals surface area (Å²) in [5.41, 5.74) is 9.01. The maximum atomic E-state index is 5.62. The predicted octanol–water partition coefficient (Wildman–Crippen LogP) is 2.58. The van der Waals surface area contributed by atoms with Gasteiger partial charge in [0, 0.05) is 24.6 Å². The Morgan fingerprint density at radius 1 is 1.11 bits per heavy atom. The molecule has 1 heterocycles. The minimum absolute atomic E-state index is 0.661. The molecule has 0 bridgehead atoms. The molecule has 100 valence electrons. The largest absolute Gasteiger partial charge is 0.330 e. The Morgan fingerprint density at radius 3 is 2.47 bits per heavy atom. The molecule has 0 saturated heterocycles. The number of aromatic nitrogens is 2. The molecule has 2 rings (SSSR count). The van der Waals surface area contributed by atoms with Crippen molar-refractivity contribution in [3.63, 3.8) is 0 Å². The lowest BCUT2D eigenvalue weighted by atomic mass is 10.2. The molecule has 2 N–H and O–H groups in total. The lowest BCUT2D eigenvalue weighted by Gasteiger charge is -2.22. The highest BCUT2D eigenvalue weighted by Crippen LogP contribution is 2.22. The van der Waals surface area contributed by atoms with E-state index in [1.165, 1.54) is 5.56 Å². The third-order valence-electron chi connectivity index (χ3n) is 2.91. The summed E-state index contributed by atoms with van der Waals surface area (Å²) >= 11 is 0. The van der Waals surface area contributed by atoms with Crippen LogP contribution in [0.15, 0.2) is 36.7 Å². The maximum absolute atomic E-state index is 5.62. The van der Waals surface area contributed by atoms with E-state index in [-0.39, 0.29) is 0 Å². The fourth-order valence-electron chi connectivity index (χ4n) is 1.91. The lowest BCUT2D eigenvalue weighted by Crippen LogP contribution is -2.23. The van der Waals surface area contributed by atoms with Gasteiger partial charge in [-0.15, -0.1) is 0 Å². The summed E-state index contributed by atoms with van der Waals surface area (Å²) in [5, 5.41) is 0. The predicted molar refractivity (Wildman–Crippen MR) is 78.6 cm³/mol. The molecule has 4 nitrogen and oxygen atoms in total. The first kappa shape index (κ1) is 13.5. The van der Waals surface area contributed by atoms with E-state index < -0.39 is 0 Å². The highest BCUT2D eigenvalue weighted by Gasteiger charge is 2.11. The zero-order valence-corrected chi connectivity index (χ0v) is 11.5. The molecule has 0 unspecified atom stereocenters. The molecule has 0 aliphatic rings. The first-order valence-electron chi connectivity index (χ1n) is 6.53. The van der Waals surface area contributed by atoms with Gasteiger partial charge in [0.1, 0.15) is 0 Å². The summed E-state index contributed by atoms with van der Waals surface area (Å²) in [6.07, 6.45) is 4.59. The van der Waals surface area contributed by atoms with E-state index in [9.17, 15) is 0 Å². The van der Waals surface area contributed by atoms with Crippen LogP contribution in [0.2, 0.25) is 0 Å². The molecule has 1 aromatic heterocycles. The second-order valence-corrected chi connectivity index (χ2v) is 4.69. The summed E-state index contributed by atoms with van der Waals surface area (Å²) in [6.45, 7) is 5.55. The van der Waals surface area contributed by atoms with Crippen molar-refractivity contribution in [1.82, 2.24) is 9.97 Å². The van der Waals surface area contributed by atoms with Gasteiger partial charge in [0.05, 0.1) is 0 Å². The zero-order valence-electron chi connectivity index (χ0n) is 11.5. The van der Waals surface area contributed by atoms with Crippen LogP contribution >= 0.6 is 0 Å². The lowest BCUT2D eigenvalue weighted by molar-refractivity contribution is 0.798. The van der Waals surface area contributed by atoms with E-state index >= 15 is 0 Å². The minimum Gasteiger partial charge on any atom is -0.330 e. The normalized spacial score (nSPS) is 10.5. The Bertz CT molecular complexity index is 522. The number of hydrogen-bond donors (Lipinski definition) is 1. The molecular weight excluding hydrogens is 236 g/mol. The average Bonchev–Trinajstić information content (AvgIpc) is 2.41. The summed E-state index contributed by atoms with van der Waals surface area (Å²) in [4.78, 5) is 10.9. The molecule has 4 heteroatoms. The minimum atomic E-state index is 0.661. The molecule has 0 amide bonds. The van der Waals surface area contributed by atoms with E-state index in [4.69, 9.17) is 5.73 Å². The fourth-order valence-corrected chi connectivity index (χ4v) is 1.91. The maximum Gasteiger partial charge on any atom is 0.229 e. The van der Waals surface area contributed by atoms with E-state index in [1.54, 1.807) is 0 Å². The fraction of sp³-hybridized carbons (Fsp3) is 0.333. The standard InChI is InChI=1S/C15H20N4/c1-12-5-3-6-14(9-12)19(8-4-7-16)15-17-10-13(2)11-18-15/h3,5-6,9-11H,4,7-8,16H2,1-2H3. The zero-order chi connectivity index (χ0) is 13.7. The molecule has 0 radical (unpaired) electrons. The molecule has 0 atom stereocenters. The molecule has 0 aliphatic carbocycles. The van der Waals surface area contributed by atoms with Crippen LogP contribution in [-0.2, 0) is 0 Å². The van der Waals surface area contributed by atoms with E-state index in [1.807, 2.05) is 25.4 Å². The molecule has 0 aliphatic heterocycles. The van der Waals surface area contributed by atoms with Crippen LogP contribution in [0.1, 0.15) is 17.5 Å². The van der Waals surface area contributed by atoms with Gasteiger partial charge in [-0.25, -0.2) is 9.97 Å². The van der Waals surface area contributed by atoms with Crippen molar-refractivity contribution in [2.75, 3.05) is 18.0 Å². The third-order valence-corrected chi connectivity index (χ3v) is 2.91. The highest BCUT2D eigenvalue weighted by molar-refractivity contribution is 5.57. The summed E-state index contributed by atoms with van der Waals surface area (Å²) in [7, 11) is 0. The van der Waals surface area contributed by atoms with Gasteiger partial charge in [-0.3, -0.25) is 0 Å². The van der Waals surface area contributed by atoms with Crippen LogP contribution in [0.25, 0.3) is 0 Å². The molecule has 0 saturated carbocycles. The van der Waals surface area contributed by atoms with Crippen LogP contribution in [0.5, 0.6) is 0 Å². The van der Waals surface area contributed by atoms with Crippen LogP contribution in [0, 0.1) is 13.8 Å². The summed E-state index contributed by atoms with van der Waals surface area (Å²) in [5.74, 6) is 0.727. The van der Waals surface area contributed by atoms with Gasteiger partial charge in [-0.1, -0.05) is 12.1 Å². The number of hydrogen-bond acceptors (Lipinski definition) is 4. The van der Waals surface area contributed by atoms with Gasteiger partial charge in [0.15, 0.2) is 0 Å². The average molecular weight is 256 g/mol. The molecule has 0 spiro atoms. The number of benzene rings is 1. The molecule has 0 fully saturated rings. The third kappa shape index (κ3) is 3.51. The monoisotopic (exact) mass is 256 g/mol. The summed E-state index contributed by atoms with van der Waals surface area (Å²) < 4.78 is 0. The SMILES string of the molecule is Cc1cnc(N(CCCN)c2cccc(C)c2)nc1. The summed E-state index contributed by atoms with van der Waals surface area (Å²) in [6, 6.07) is 8.35. The number of nitrogens with zero attached hydrogens (tertiary/aromatic N) is 3. The van der Waals surface area contributed by atoms with Crippen molar-refractivity contribution < 1.29 is 0 Å². The first-order valence-corrected chi connectivity index (χ1v) is 6.53. The van der Waals surface area contributed by atoms with Crippen molar-refractivity contribution in [3.05, 3.63) is 47.8 Å². The van der Waals surface area contributed by atoms with Crippen molar-refractivity contribution in [3.8, 4) is 0 Å². The van der Waals surface area contributed by atoms with Crippen LogP contribution < -0.4 is 10.6 Å². The first-order chi connectivity index (χ1) is 9.20. The second-order valence-electron chi connectivity index (χ2n) is 4.69. The van der Waals surface area contributed by atoms with Crippen molar-refractivity contribution in [2.24, 2.45) is 5.73 Å². The topological polar surface area (TPSA) is 55.0 Å². The number of anilines is 2. The van der Waals surface area contributed by atoms with E-state index in [0.717, 1.165) is 30.2 Å². The van der Waals surface area contributed by atoms with Gasteiger partial charge >= 0.3 is 0 Å². The second kappa shape index (κ2) is 6.29. The van der Waals surface area contributed by atoms with Gasteiger partial charge in [0.2, 0.25) is 5.95 Å².